The lowest BCUT2D eigenvalue weighted by Crippen LogP contribution is -2.29. The van der Waals surface area contributed by atoms with Gasteiger partial charge in [-0.3, -0.25) is 9.10 Å². The smallest absolute Gasteiger partial charge is 0.264 e. The van der Waals surface area contributed by atoms with E-state index in [-0.39, 0.29) is 21.8 Å². The van der Waals surface area contributed by atoms with Crippen LogP contribution in [0.3, 0.4) is 0 Å². The van der Waals surface area contributed by atoms with Crippen molar-refractivity contribution < 1.29 is 17.6 Å². The first-order chi connectivity index (χ1) is 13.3. The average Bonchev–Trinajstić information content (AvgIpc) is 2.70. The third kappa shape index (κ3) is 4.07. The van der Waals surface area contributed by atoms with Crippen molar-refractivity contribution in [3.63, 3.8) is 0 Å². The van der Waals surface area contributed by atoms with E-state index in [0.717, 1.165) is 4.31 Å². The van der Waals surface area contributed by atoms with Gasteiger partial charge in [0, 0.05) is 11.5 Å². The van der Waals surface area contributed by atoms with Crippen LogP contribution in [0.5, 0.6) is 0 Å². The summed E-state index contributed by atoms with van der Waals surface area (Å²) in [4.78, 5) is 12.8. The molecule has 0 aliphatic rings. The van der Waals surface area contributed by atoms with Gasteiger partial charge in [-0.25, -0.2) is 12.8 Å². The molecule has 0 bridgehead atoms. The molecule has 3 aromatic carbocycles. The van der Waals surface area contributed by atoms with Crippen LogP contribution in [0.15, 0.2) is 82.2 Å². The number of amides is 1. The molecule has 1 N–H and O–H groups in total. The number of nitrogens with zero attached hydrogens (tertiary/aromatic N) is 1. The number of carbonyl (C=O) groups excluding carboxylic acids is 1. The average molecular weight is 463 g/mol. The number of para-hydroxylation sites is 1. The fourth-order valence-corrected chi connectivity index (χ4v) is 4.17. The Morgan fingerprint density at radius 1 is 1.00 bits per heavy atom. The summed E-state index contributed by atoms with van der Waals surface area (Å²) in [5.41, 5.74) is 0.282. The largest absolute Gasteiger partial charge is 0.319 e. The second kappa shape index (κ2) is 8.12. The summed E-state index contributed by atoms with van der Waals surface area (Å²) in [6.45, 7) is 0. The van der Waals surface area contributed by atoms with E-state index in [9.17, 15) is 17.6 Å². The van der Waals surface area contributed by atoms with Gasteiger partial charge in [-0.1, -0.05) is 46.3 Å². The molecule has 0 unspecified atom stereocenters. The van der Waals surface area contributed by atoms with Gasteiger partial charge in [0.25, 0.3) is 15.9 Å². The van der Waals surface area contributed by atoms with E-state index in [0.29, 0.717) is 4.47 Å². The number of sulfonamides is 1. The molecule has 0 spiro atoms. The molecule has 144 valence electrons. The molecule has 0 saturated carbocycles. The number of hydrogen-bond donors (Lipinski definition) is 1. The molecule has 8 heteroatoms. The molecule has 0 fully saturated rings. The number of benzene rings is 3. The highest BCUT2D eigenvalue weighted by Gasteiger charge is 2.25. The lowest BCUT2D eigenvalue weighted by atomic mass is 10.1. The third-order valence-corrected chi connectivity index (χ3v) is 6.35. The molecule has 3 rings (SSSR count). The normalized spacial score (nSPS) is 11.1. The van der Waals surface area contributed by atoms with Gasteiger partial charge in [0.05, 0.1) is 21.8 Å². The summed E-state index contributed by atoms with van der Waals surface area (Å²) >= 11 is 3.16. The molecular weight excluding hydrogens is 447 g/mol. The summed E-state index contributed by atoms with van der Waals surface area (Å²) < 4.78 is 41.4. The van der Waals surface area contributed by atoms with Crippen molar-refractivity contribution in [3.8, 4) is 0 Å². The van der Waals surface area contributed by atoms with Crippen LogP contribution in [-0.4, -0.2) is 21.4 Å². The Bertz CT molecular complexity index is 1120. The topological polar surface area (TPSA) is 66.5 Å². The number of rotatable bonds is 5. The monoisotopic (exact) mass is 462 g/mol. The van der Waals surface area contributed by atoms with Crippen LogP contribution in [0.2, 0.25) is 0 Å². The summed E-state index contributed by atoms with van der Waals surface area (Å²) in [6, 6.07) is 18.4. The molecule has 3 aromatic rings. The number of carbonyl (C=O) groups is 1. The molecular formula is C20H16BrFN2O3S. The minimum absolute atomic E-state index is 0.00317. The molecule has 0 aliphatic heterocycles. The first-order valence-electron chi connectivity index (χ1n) is 8.20. The fourth-order valence-electron chi connectivity index (χ4n) is 2.60. The van der Waals surface area contributed by atoms with Gasteiger partial charge in [0.15, 0.2) is 0 Å². The molecule has 0 aromatic heterocycles. The van der Waals surface area contributed by atoms with Crippen molar-refractivity contribution in [2.24, 2.45) is 0 Å². The quantitative estimate of drug-likeness (QED) is 0.599. The second-order valence-corrected chi connectivity index (χ2v) is 8.77. The zero-order valence-corrected chi connectivity index (χ0v) is 17.2. The Hall–Kier alpha value is -2.71. The second-order valence-electron chi connectivity index (χ2n) is 5.88. The van der Waals surface area contributed by atoms with Crippen molar-refractivity contribution in [3.05, 3.63) is 88.6 Å². The summed E-state index contributed by atoms with van der Waals surface area (Å²) in [7, 11) is -2.49. The van der Waals surface area contributed by atoms with Gasteiger partial charge in [-0.2, -0.15) is 0 Å². The van der Waals surface area contributed by atoms with E-state index in [1.165, 1.54) is 43.4 Å². The van der Waals surface area contributed by atoms with Crippen molar-refractivity contribution in [2.75, 3.05) is 16.7 Å². The van der Waals surface area contributed by atoms with Gasteiger partial charge >= 0.3 is 0 Å². The van der Waals surface area contributed by atoms with Crippen molar-refractivity contribution in [1.82, 2.24) is 0 Å². The van der Waals surface area contributed by atoms with Gasteiger partial charge in [0.1, 0.15) is 5.82 Å². The van der Waals surface area contributed by atoms with E-state index >= 15 is 0 Å². The predicted octanol–water partition coefficient (Wildman–Crippen LogP) is 4.67. The number of hydrogen-bond acceptors (Lipinski definition) is 3. The molecule has 0 atom stereocenters. The van der Waals surface area contributed by atoms with Crippen molar-refractivity contribution in [1.29, 1.82) is 0 Å². The SMILES string of the molecule is CN(c1ccccc1C(=O)Nc1ccc(Br)cc1F)S(=O)(=O)c1ccccc1. The van der Waals surface area contributed by atoms with Crippen LogP contribution >= 0.6 is 15.9 Å². The Labute approximate surface area is 171 Å². The standard InChI is InChI=1S/C20H16BrFN2O3S/c1-24(28(26,27)15-7-3-2-4-8-15)19-10-6-5-9-16(19)20(25)23-18-12-11-14(21)13-17(18)22/h2-13H,1H3,(H,23,25). The molecule has 0 heterocycles. The minimum atomic E-state index is -3.86. The maximum Gasteiger partial charge on any atom is 0.264 e. The van der Waals surface area contributed by atoms with E-state index in [1.54, 1.807) is 36.4 Å². The maximum atomic E-state index is 14.0. The Morgan fingerprint density at radius 3 is 2.32 bits per heavy atom. The first-order valence-corrected chi connectivity index (χ1v) is 10.4. The zero-order chi connectivity index (χ0) is 20.3. The highest BCUT2D eigenvalue weighted by atomic mass is 79.9. The summed E-state index contributed by atoms with van der Waals surface area (Å²) in [5, 5.41) is 2.48. The van der Waals surface area contributed by atoms with Crippen LogP contribution in [0.1, 0.15) is 10.4 Å². The molecule has 0 radical (unpaired) electrons. The van der Waals surface area contributed by atoms with E-state index < -0.39 is 21.7 Å². The Balaban J connectivity index is 1.96. The fraction of sp³-hybridized carbons (Fsp3) is 0.0500. The minimum Gasteiger partial charge on any atom is -0.319 e. The van der Waals surface area contributed by atoms with Crippen LogP contribution in [0.4, 0.5) is 15.8 Å². The third-order valence-electron chi connectivity index (χ3n) is 4.07. The van der Waals surface area contributed by atoms with Gasteiger partial charge < -0.3 is 5.32 Å². The van der Waals surface area contributed by atoms with Gasteiger partial charge in [-0.05, 0) is 42.5 Å². The van der Waals surface area contributed by atoms with E-state index in [2.05, 4.69) is 21.2 Å². The van der Waals surface area contributed by atoms with E-state index in [1.807, 2.05) is 0 Å². The number of nitrogens with one attached hydrogen (secondary N) is 1. The molecule has 1 amide bonds. The van der Waals surface area contributed by atoms with Crippen LogP contribution in [0, 0.1) is 5.82 Å². The Morgan fingerprint density at radius 2 is 1.64 bits per heavy atom. The number of anilines is 2. The maximum absolute atomic E-state index is 14.0. The lowest BCUT2D eigenvalue weighted by molar-refractivity contribution is 0.102. The van der Waals surface area contributed by atoms with Crippen LogP contribution in [-0.2, 0) is 10.0 Å². The molecule has 5 nitrogen and oxygen atoms in total. The van der Waals surface area contributed by atoms with Gasteiger partial charge in [-0.15, -0.1) is 0 Å². The summed E-state index contributed by atoms with van der Waals surface area (Å²) in [5.74, 6) is -1.22. The molecule has 0 saturated heterocycles. The predicted molar refractivity (Wildman–Crippen MR) is 111 cm³/mol. The highest BCUT2D eigenvalue weighted by Crippen LogP contribution is 2.27. The molecule has 28 heavy (non-hydrogen) atoms. The van der Waals surface area contributed by atoms with Crippen molar-refractivity contribution >= 4 is 43.2 Å². The van der Waals surface area contributed by atoms with Crippen molar-refractivity contribution in [2.45, 2.75) is 4.90 Å². The molecule has 0 aliphatic carbocycles. The van der Waals surface area contributed by atoms with E-state index in [4.69, 9.17) is 0 Å². The number of halogens is 2. The first kappa shape index (κ1) is 20.0. The van der Waals surface area contributed by atoms with Crippen LogP contribution < -0.4 is 9.62 Å². The lowest BCUT2D eigenvalue weighted by Gasteiger charge is -2.22. The van der Waals surface area contributed by atoms with Gasteiger partial charge in [0.2, 0.25) is 0 Å². The Kier molecular flexibility index (Phi) is 5.81. The summed E-state index contributed by atoms with van der Waals surface area (Å²) in [6.07, 6.45) is 0. The zero-order valence-electron chi connectivity index (χ0n) is 14.8. The van der Waals surface area contributed by atoms with Crippen LogP contribution in [0.25, 0.3) is 0 Å². The highest BCUT2D eigenvalue weighted by molar-refractivity contribution is 9.10.